The molecule has 0 saturated heterocycles. The van der Waals surface area contributed by atoms with Crippen LogP contribution in [0.3, 0.4) is 0 Å². The molecule has 0 heterocycles. The highest BCUT2D eigenvalue weighted by atomic mass is 35.5. The van der Waals surface area contributed by atoms with E-state index in [1.807, 2.05) is 19.6 Å². The number of hydrogen-bond acceptors (Lipinski definition) is 0. The standard InChI is InChI=1S/C12H12ClF3Si/c1-17(2,3)7-6-9-8-10(12(14,15)16)4-5-11(9)13/h4-5,8H,1-3H3. The largest absolute Gasteiger partial charge is 0.416 e. The molecule has 17 heavy (non-hydrogen) atoms. The second kappa shape index (κ2) is 4.75. The molecule has 0 unspecified atom stereocenters. The third kappa shape index (κ3) is 4.45. The van der Waals surface area contributed by atoms with E-state index >= 15 is 0 Å². The molecule has 1 rings (SSSR count). The fourth-order valence-electron chi connectivity index (χ4n) is 1.05. The number of alkyl halides is 3. The molecule has 0 radical (unpaired) electrons. The number of hydrogen-bond donors (Lipinski definition) is 0. The summed E-state index contributed by atoms with van der Waals surface area (Å²) in [5, 5.41) is 0.253. The first kappa shape index (κ1) is 14.1. The number of halogens is 4. The van der Waals surface area contributed by atoms with Crippen LogP contribution >= 0.6 is 11.6 Å². The summed E-state index contributed by atoms with van der Waals surface area (Å²) in [6, 6.07) is 3.19. The Morgan fingerprint density at radius 3 is 2.24 bits per heavy atom. The van der Waals surface area contributed by atoms with Crippen LogP contribution in [0, 0.1) is 11.5 Å². The maximum atomic E-state index is 12.5. The van der Waals surface area contributed by atoms with E-state index in [2.05, 4.69) is 11.5 Å². The van der Waals surface area contributed by atoms with Crippen LogP contribution in [-0.4, -0.2) is 8.07 Å². The summed E-state index contributed by atoms with van der Waals surface area (Å²) in [5.41, 5.74) is 2.51. The Hall–Kier alpha value is -0.923. The fourth-order valence-corrected chi connectivity index (χ4v) is 1.73. The number of benzene rings is 1. The molecule has 1 aromatic rings. The summed E-state index contributed by atoms with van der Waals surface area (Å²) in [6.07, 6.45) is -4.36. The molecule has 0 N–H and O–H groups in total. The molecule has 0 aliphatic rings. The SMILES string of the molecule is C[Si](C)(C)C#Cc1cc(C(F)(F)F)ccc1Cl. The molecular formula is C12H12ClF3Si. The molecule has 0 aromatic heterocycles. The molecule has 0 aliphatic carbocycles. The van der Waals surface area contributed by atoms with Crippen LogP contribution in [-0.2, 0) is 6.18 Å². The summed E-state index contributed by atoms with van der Waals surface area (Å²) < 4.78 is 37.5. The molecule has 0 fully saturated rings. The van der Waals surface area contributed by atoms with Crippen molar-refractivity contribution in [3.8, 4) is 11.5 Å². The average Bonchev–Trinajstić information content (AvgIpc) is 2.13. The zero-order valence-corrected chi connectivity index (χ0v) is 11.5. The Morgan fingerprint density at radius 1 is 1.18 bits per heavy atom. The minimum atomic E-state index is -4.36. The Bertz CT molecular complexity index is 475. The summed E-state index contributed by atoms with van der Waals surface area (Å²) in [7, 11) is -1.63. The Balaban J connectivity index is 3.20. The van der Waals surface area contributed by atoms with Gasteiger partial charge in [0.15, 0.2) is 0 Å². The summed E-state index contributed by atoms with van der Waals surface area (Å²) in [4.78, 5) is 0. The quantitative estimate of drug-likeness (QED) is 0.480. The van der Waals surface area contributed by atoms with Crippen molar-refractivity contribution in [3.63, 3.8) is 0 Å². The molecule has 0 nitrogen and oxygen atoms in total. The van der Waals surface area contributed by atoms with E-state index in [0.29, 0.717) is 0 Å². The zero-order chi connectivity index (χ0) is 13.3. The van der Waals surface area contributed by atoms with Gasteiger partial charge in [0, 0.05) is 5.56 Å². The summed E-state index contributed by atoms with van der Waals surface area (Å²) in [5.74, 6) is 2.75. The van der Waals surface area contributed by atoms with Gasteiger partial charge in [-0.1, -0.05) is 37.2 Å². The maximum absolute atomic E-state index is 12.5. The molecule has 0 saturated carbocycles. The van der Waals surface area contributed by atoms with Gasteiger partial charge in [0.1, 0.15) is 8.07 Å². The van der Waals surface area contributed by atoms with Crippen molar-refractivity contribution in [1.29, 1.82) is 0 Å². The zero-order valence-electron chi connectivity index (χ0n) is 9.74. The fraction of sp³-hybridized carbons (Fsp3) is 0.333. The van der Waals surface area contributed by atoms with Gasteiger partial charge in [-0.3, -0.25) is 0 Å². The van der Waals surface area contributed by atoms with Crippen molar-refractivity contribution in [1.82, 2.24) is 0 Å². The first-order valence-corrected chi connectivity index (χ1v) is 8.87. The molecule has 0 bridgehead atoms. The van der Waals surface area contributed by atoms with E-state index in [0.717, 1.165) is 12.1 Å². The lowest BCUT2D eigenvalue weighted by Crippen LogP contribution is -2.16. The highest BCUT2D eigenvalue weighted by molar-refractivity contribution is 6.83. The lowest BCUT2D eigenvalue weighted by atomic mass is 10.1. The minimum Gasteiger partial charge on any atom is -0.166 e. The van der Waals surface area contributed by atoms with Crippen molar-refractivity contribution in [2.45, 2.75) is 25.8 Å². The summed E-state index contributed by atoms with van der Waals surface area (Å²) >= 11 is 5.82. The van der Waals surface area contributed by atoms with Crippen LogP contribution in [0.4, 0.5) is 13.2 Å². The van der Waals surface area contributed by atoms with Crippen molar-refractivity contribution < 1.29 is 13.2 Å². The Kier molecular flexibility index (Phi) is 3.95. The maximum Gasteiger partial charge on any atom is 0.416 e. The highest BCUT2D eigenvalue weighted by Crippen LogP contribution is 2.31. The molecule has 0 aliphatic heterocycles. The van der Waals surface area contributed by atoms with Crippen LogP contribution in [0.2, 0.25) is 24.7 Å². The third-order valence-electron chi connectivity index (χ3n) is 1.87. The predicted molar refractivity (Wildman–Crippen MR) is 66.7 cm³/mol. The van der Waals surface area contributed by atoms with E-state index in [4.69, 9.17) is 11.6 Å². The Labute approximate surface area is 105 Å². The van der Waals surface area contributed by atoms with Gasteiger partial charge in [0.2, 0.25) is 0 Å². The van der Waals surface area contributed by atoms with Crippen molar-refractivity contribution >= 4 is 19.7 Å². The molecule has 5 heteroatoms. The molecule has 0 amide bonds. The van der Waals surface area contributed by atoms with Crippen LogP contribution in [0.15, 0.2) is 18.2 Å². The smallest absolute Gasteiger partial charge is 0.166 e. The van der Waals surface area contributed by atoms with Crippen molar-refractivity contribution in [3.05, 3.63) is 34.3 Å². The van der Waals surface area contributed by atoms with Crippen LogP contribution < -0.4 is 0 Å². The number of rotatable bonds is 0. The molecule has 0 atom stereocenters. The molecule has 0 spiro atoms. The van der Waals surface area contributed by atoms with Gasteiger partial charge in [-0.15, -0.1) is 5.54 Å². The van der Waals surface area contributed by atoms with Crippen LogP contribution in [0.25, 0.3) is 0 Å². The lowest BCUT2D eigenvalue weighted by molar-refractivity contribution is -0.137. The van der Waals surface area contributed by atoms with Crippen LogP contribution in [0.1, 0.15) is 11.1 Å². The predicted octanol–water partition coefficient (Wildman–Crippen LogP) is 4.59. The van der Waals surface area contributed by atoms with Crippen molar-refractivity contribution in [2.75, 3.05) is 0 Å². The Morgan fingerprint density at radius 2 is 1.76 bits per heavy atom. The van der Waals surface area contributed by atoms with E-state index in [1.54, 1.807) is 0 Å². The van der Waals surface area contributed by atoms with Gasteiger partial charge >= 0.3 is 6.18 Å². The van der Waals surface area contributed by atoms with E-state index in [-0.39, 0.29) is 10.6 Å². The van der Waals surface area contributed by atoms with Gasteiger partial charge < -0.3 is 0 Å². The van der Waals surface area contributed by atoms with Gasteiger partial charge in [-0.05, 0) is 18.2 Å². The summed E-state index contributed by atoms with van der Waals surface area (Å²) in [6.45, 7) is 6.05. The monoisotopic (exact) mass is 276 g/mol. The van der Waals surface area contributed by atoms with Gasteiger partial charge in [0.25, 0.3) is 0 Å². The van der Waals surface area contributed by atoms with Gasteiger partial charge in [-0.2, -0.15) is 13.2 Å². The third-order valence-corrected chi connectivity index (χ3v) is 3.07. The van der Waals surface area contributed by atoms with Gasteiger partial charge in [-0.25, -0.2) is 0 Å². The normalized spacial score (nSPS) is 11.9. The molecular weight excluding hydrogens is 265 g/mol. The first-order chi connectivity index (χ1) is 7.59. The van der Waals surface area contributed by atoms with Crippen molar-refractivity contribution in [2.24, 2.45) is 0 Å². The second-order valence-electron chi connectivity index (χ2n) is 4.69. The second-order valence-corrected chi connectivity index (χ2v) is 9.85. The van der Waals surface area contributed by atoms with Crippen LogP contribution in [0.5, 0.6) is 0 Å². The van der Waals surface area contributed by atoms with Gasteiger partial charge in [0.05, 0.1) is 10.6 Å². The topological polar surface area (TPSA) is 0 Å². The van der Waals surface area contributed by atoms with E-state index in [1.165, 1.54) is 6.07 Å². The molecule has 92 valence electrons. The highest BCUT2D eigenvalue weighted by Gasteiger charge is 2.30. The minimum absolute atomic E-state index is 0.240. The first-order valence-electron chi connectivity index (χ1n) is 4.99. The van der Waals surface area contributed by atoms with E-state index in [9.17, 15) is 13.2 Å². The average molecular weight is 277 g/mol. The van der Waals surface area contributed by atoms with E-state index < -0.39 is 19.8 Å². The molecule has 1 aromatic carbocycles. The lowest BCUT2D eigenvalue weighted by Gasteiger charge is -2.08.